The van der Waals surface area contributed by atoms with Gasteiger partial charge in [0.15, 0.2) is 0 Å². The van der Waals surface area contributed by atoms with Crippen LogP contribution in [0.3, 0.4) is 0 Å². The topological polar surface area (TPSA) is 26.3 Å². The van der Waals surface area contributed by atoms with E-state index >= 15 is 0 Å². The molecule has 1 aromatic rings. The number of hydrogen-bond donors (Lipinski definition) is 0. The van der Waals surface area contributed by atoms with Crippen LogP contribution < -0.4 is 0 Å². The van der Waals surface area contributed by atoms with Gasteiger partial charge in [0.1, 0.15) is 0 Å². The minimum absolute atomic E-state index is 0.182. The molecule has 2 heteroatoms. The molecule has 2 nitrogen and oxygen atoms in total. The molecule has 0 N–H and O–H groups in total. The molecule has 0 radical (unpaired) electrons. The third-order valence-corrected chi connectivity index (χ3v) is 2.05. The molecule has 0 aromatic heterocycles. The van der Waals surface area contributed by atoms with Gasteiger partial charge in [0.05, 0.1) is 6.61 Å². The van der Waals surface area contributed by atoms with Gasteiger partial charge in [-0.1, -0.05) is 50.6 Å². The highest BCUT2D eigenvalue weighted by Crippen LogP contribution is 1.96. The lowest BCUT2D eigenvalue weighted by Crippen LogP contribution is -1.99. The number of benzene rings is 1. The van der Waals surface area contributed by atoms with Crippen LogP contribution in [-0.4, -0.2) is 12.6 Å². The van der Waals surface area contributed by atoms with Crippen LogP contribution in [0, 0.1) is 0 Å². The summed E-state index contributed by atoms with van der Waals surface area (Å²) in [6.45, 7) is 6.22. The zero-order valence-electron chi connectivity index (χ0n) is 10.5. The van der Waals surface area contributed by atoms with E-state index in [1.165, 1.54) is 12.5 Å². The molecule has 0 bridgehead atoms. The number of rotatable bonds is 4. The highest BCUT2D eigenvalue weighted by Gasteiger charge is 1.88. The van der Waals surface area contributed by atoms with Crippen molar-refractivity contribution in [2.24, 2.45) is 0 Å². The van der Waals surface area contributed by atoms with Crippen LogP contribution >= 0.6 is 0 Å². The van der Waals surface area contributed by atoms with Crippen molar-refractivity contribution in [2.45, 2.75) is 40.0 Å². The smallest absolute Gasteiger partial charge is 0.302 e. The average Bonchev–Trinajstić information content (AvgIpc) is 2.31. The Labute approximate surface area is 98.6 Å². The molecule has 0 fully saturated rings. The Hall–Kier alpha value is -1.31. The lowest BCUT2D eigenvalue weighted by molar-refractivity contribution is -0.141. The van der Waals surface area contributed by atoms with E-state index in [1.807, 2.05) is 6.07 Å². The van der Waals surface area contributed by atoms with E-state index in [4.69, 9.17) is 0 Å². The molecule has 0 aliphatic carbocycles. The van der Waals surface area contributed by atoms with E-state index in [0.717, 1.165) is 19.3 Å². The predicted octanol–water partition coefficient (Wildman–Crippen LogP) is 3.60. The van der Waals surface area contributed by atoms with Gasteiger partial charge in [0.25, 0.3) is 0 Å². The molecule has 0 aliphatic heterocycles. The molecule has 90 valence electrons. The highest BCUT2D eigenvalue weighted by molar-refractivity contribution is 5.65. The second kappa shape index (κ2) is 10.2. The number of unbranched alkanes of at least 4 members (excludes halogenated alkanes) is 1. The molecule has 0 saturated carbocycles. The molecule has 0 amide bonds. The van der Waals surface area contributed by atoms with Gasteiger partial charge in [0.2, 0.25) is 0 Å². The van der Waals surface area contributed by atoms with Crippen LogP contribution in [0.5, 0.6) is 0 Å². The van der Waals surface area contributed by atoms with Gasteiger partial charge < -0.3 is 4.74 Å². The van der Waals surface area contributed by atoms with Crippen molar-refractivity contribution in [3.63, 3.8) is 0 Å². The Balaban J connectivity index is 0.000000281. The van der Waals surface area contributed by atoms with Gasteiger partial charge in [0, 0.05) is 6.92 Å². The fraction of sp³-hybridized carbons (Fsp3) is 0.500. The second-order valence-electron chi connectivity index (χ2n) is 3.53. The van der Waals surface area contributed by atoms with Crippen molar-refractivity contribution >= 4 is 5.97 Å². The Bertz CT molecular complexity index is 267. The first-order valence-electron chi connectivity index (χ1n) is 5.88. The molecule has 0 aliphatic rings. The van der Waals surface area contributed by atoms with Gasteiger partial charge in [-0.3, -0.25) is 4.79 Å². The molecule has 0 unspecified atom stereocenters. The molecular weight excluding hydrogens is 200 g/mol. The number of ether oxygens (including phenoxy) is 1. The molecule has 0 heterocycles. The summed E-state index contributed by atoms with van der Waals surface area (Å²) < 4.78 is 4.64. The Morgan fingerprint density at radius 3 is 2.19 bits per heavy atom. The third kappa shape index (κ3) is 9.25. The lowest BCUT2D eigenvalue weighted by Gasteiger charge is -1.96. The molecule has 0 atom stereocenters. The molecule has 1 aromatic carbocycles. The largest absolute Gasteiger partial charge is 0.466 e. The van der Waals surface area contributed by atoms with Crippen molar-refractivity contribution < 1.29 is 9.53 Å². The number of esters is 1. The van der Waals surface area contributed by atoms with Crippen molar-refractivity contribution in [3.05, 3.63) is 35.9 Å². The summed E-state index contributed by atoms with van der Waals surface area (Å²) in [5.74, 6) is -0.182. The SMILES string of the molecule is CCCCOC(C)=O.CCc1ccccc1. The first kappa shape index (κ1) is 14.7. The quantitative estimate of drug-likeness (QED) is 0.574. The standard InChI is InChI=1S/C8H10.C6H12O2/c1-2-8-6-4-3-5-7-8;1-3-4-5-8-6(2)7/h3-7H,2H2,1H3;3-5H2,1-2H3. The molecule has 0 saturated heterocycles. The molecule has 0 spiro atoms. The fourth-order valence-electron chi connectivity index (χ4n) is 1.07. The minimum atomic E-state index is -0.182. The number of hydrogen-bond acceptors (Lipinski definition) is 2. The van der Waals surface area contributed by atoms with Crippen molar-refractivity contribution in [2.75, 3.05) is 6.61 Å². The molecular formula is C14H22O2. The van der Waals surface area contributed by atoms with E-state index in [1.54, 1.807) is 0 Å². The maximum atomic E-state index is 10.1. The number of carbonyl (C=O) groups is 1. The van der Waals surface area contributed by atoms with Crippen LogP contribution in [0.2, 0.25) is 0 Å². The number of aryl methyl sites for hydroxylation is 1. The van der Waals surface area contributed by atoms with Gasteiger partial charge in [-0.25, -0.2) is 0 Å². The summed E-state index contributed by atoms with van der Waals surface area (Å²) in [5.41, 5.74) is 1.41. The third-order valence-electron chi connectivity index (χ3n) is 2.05. The summed E-state index contributed by atoms with van der Waals surface area (Å²) >= 11 is 0. The van der Waals surface area contributed by atoms with Crippen LogP contribution in [0.1, 0.15) is 39.2 Å². The summed E-state index contributed by atoms with van der Waals surface area (Å²) in [6, 6.07) is 10.5. The zero-order chi connectivity index (χ0) is 12.2. The Morgan fingerprint density at radius 2 is 1.81 bits per heavy atom. The number of carbonyl (C=O) groups excluding carboxylic acids is 1. The average molecular weight is 222 g/mol. The molecule has 1 rings (SSSR count). The summed E-state index contributed by atoms with van der Waals surface area (Å²) in [4.78, 5) is 10.1. The maximum absolute atomic E-state index is 10.1. The van der Waals surface area contributed by atoms with Crippen molar-refractivity contribution in [3.8, 4) is 0 Å². The van der Waals surface area contributed by atoms with Crippen molar-refractivity contribution in [1.82, 2.24) is 0 Å². The lowest BCUT2D eigenvalue weighted by atomic mass is 10.2. The Morgan fingerprint density at radius 1 is 1.19 bits per heavy atom. The van der Waals surface area contributed by atoms with Crippen LogP contribution in [0.4, 0.5) is 0 Å². The minimum Gasteiger partial charge on any atom is -0.466 e. The van der Waals surface area contributed by atoms with Gasteiger partial charge in [-0.15, -0.1) is 0 Å². The van der Waals surface area contributed by atoms with Crippen LogP contribution in [0.25, 0.3) is 0 Å². The van der Waals surface area contributed by atoms with E-state index in [0.29, 0.717) is 6.61 Å². The van der Waals surface area contributed by atoms with Crippen LogP contribution in [0.15, 0.2) is 30.3 Å². The monoisotopic (exact) mass is 222 g/mol. The second-order valence-corrected chi connectivity index (χ2v) is 3.53. The van der Waals surface area contributed by atoms with Crippen LogP contribution in [-0.2, 0) is 16.0 Å². The van der Waals surface area contributed by atoms with E-state index in [9.17, 15) is 4.79 Å². The first-order valence-corrected chi connectivity index (χ1v) is 5.88. The van der Waals surface area contributed by atoms with E-state index in [-0.39, 0.29) is 5.97 Å². The highest BCUT2D eigenvalue weighted by atomic mass is 16.5. The normalized spacial score (nSPS) is 8.94. The van der Waals surface area contributed by atoms with Gasteiger partial charge >= 0.3 is 5.97 Å². The molecule has 16 heavy (non-hydrogen) atoms. The van der Waals surface area contributed by atoms with E-state index < -0.39 is 0 Å². The van der Waals surface area contributed by atoms with Gasteiger partial charge in [-0.05, 0) is 18.4 Å². The summed E-state index contributed by atoms with van der Waals surface area (Å²) in [7, 11) is 0. The fourth-order valence-corrected chi connectivity index (χ4v) is 1.07. The maximum Gasteiger partial charge on any atom is 0.302 e. The predicted molar refractivity (Wildman–Crippen MR) is 67.4 cm³/mol. The van der Waals surface area contributed by atoms with Crippen molar-refractivity contribution in [1.29, 1.82) is 0 Å². The van der Waals surface area contributed by atoms with Gasteiger partial charge in [-0.2, -0.15) is 0 Å². The van der Waals surface area contributed by atoms with E-state index in [2.05, 4.69) is 42.8 Å². The zero-order valence-corrected chi connectivity index (χ0v) is 10.5. The first-order chi connectivity index (χ1) is 7.70. The Kier molecular flexibility index (Phi) is 9.38. The summed E-state index contributed by atoms with van der Waals surface area (Å²) in [6.07, 6.45) is 3.19. The summed E-state index contributed by atoms with van der Waals surface area (Å²) in [5, 5.41) is 0.